The van der Waals surface area contributed by atoms with Crippen LogP contribution in [-0.2, 0) is 12.3 Å². The van der Waals surface area contributed by atoms with Crippen molar-refractivity contribution in [3.05, 3.63) is 59.2 Å². The van der Waals surface area contributed by atoms with Crippen molar-refractivity contribution in [1.29, 1.82) is 0 Å². The summed E-state index contributed by atoms with van der Waals surface area (Å²) in [7, 11) is 0. The Morgan fingerprint density at radius 1 is 1.22 bits per heavy atom. The molecule has 1 aliphatic rings. The van der Waals surface area contributed by atoms with Crippen LogP contribution < -0.4 is 0 Å². The Kier molecular flexibility index (Phi) is 3.91. The van der Waals surface area contributed by atoms with Gasteiger partial charge in [-0.05, 0) is 25.3 Å². The highest BCUT2D eigenvalue weighted by molar-refractivity contribution is 7.98. The molecule has 0 N–H and O–H groups in total. The number of aromatic nitrogens is 4. The van der Waals surface area contributed by atoms with E-state index in [1.165, 1.54) is 18.4 Å². The number of rotatable bonds is 6. The van der Waals surface area contributed by atoms with Gasteiger partial charge in [0.15, 0.2) is 5.16 Å². The summed E-state index contributed by atoms with van der Waals surface area (Å²) >= 11 is 1.67. The van der Waals surface area contributed by atoms with Gasteiger partial charge in [0, 0.05) is 17.7 Å². The Morgan fingerprint density at radius 3 is 2.74 bits per heavy atom. The fourth-order valence-electron chi connectivity index (χ4n) is 2.59. The first kappa shape index (κ1) is 14.5. The molecule has 5 nitrogen and oxygen atoms in total. The van der Waals surface area contributed by atoms with Crippen molar-refractivity contribution in [3.8, 4) is 0 Å². The average molecular weight is 326 g/mol. The molecule has 118 valence electrons. The van der Waals surface area contributed by atoms with E-state index in [1.807, 2.05) is 19.1 Å². The van der Waals surface area contributed by atoms with E-state index in [4.69, 9.17) is 4.52 Å². The number of aryl methyl sites for hydroxylation is 1. The van der Waals surface area contributed by atoms with Gasteiger partial charge in [-0.15, -0.1) is 10.2 Å². The van der Waals surface area contributed by atoms with E-state index >= 15 is 0 Å². The second-order valence-corrected chi connectivity index (χ2v) is 6.85. The van der Waals surface area contributed by atoms with Crippen LogP contribution in [0.3, 0.4) is 0 Å². The quantitative estimate of drug-likeness (QED) is 0.645. The normalized spacial score (nSPS) is 14.3. The number of hydrogen-bond donors (Lipinski definition) is 0. The van der Waals surface area contributed by atoms with Crippen LogP contribution in [0.1, 0.15) is 41.6 Å². The molecular weight excluding hydrogens is 308 g/mol. The van der Waals surface area contributed by atoms with Crippen LogP contribution in [0.4, 0.5) is 0 Å². The lowest BCUT2D eigenvalue weighted by Gasteiger charge is -2.09. The summed E-state index contributed by atoms with van der Waals surface area (Å²) in [5.41, 5.74) is 2.21. The van der Waals surface area contributed by atoms with Crippen LogP contribution in [-0.4, -0.2) is 19.9 Å². The van der Waals surface area contributed by atoms with E-state index in [9.17, 15) is 0 Å². The first-order valence-corrected chi connectivity index (χ1v) is 8.80. The van der Waals surface area contributed by atoms with E-state index in [-0.39, 0.29) is 0 Å². The van der Waals surface area contributed by atoms with Gasteiger partial charge in [0.2, 0.25) is 0 Å². The highest BCUT2D eigenvalue weighted by Crippen LogP contribution is 2.40. The molecule has 0 amide bonds. The van der Waals surface area contributed by atoms with Gasteiger partial charge in [0.1, 0.15) is 11.6 Å². The molecular formula is C17H18N4OS. The molecule has 1 aromatic carbocycles. The Hall–Kier alpha value is -2.08. The standard InChI is InChI=1S/C17H18N4OS/c1-12-9-15(20-22-12)11-23-17-19-18-16(14-7-8-14)21(17)10-13-5-3-2-4-6-13/h2-6,9,14H,7-8,10-11H2,1H3. The lowest BCUT2D eigenvalue weighted by molar-refractivity contribution is 0.393. The molecule has 4 rings (SSSR count). The molecule has 0 unspecified atom stereocenters. The monoisotopic (exact) mass is 326 g/mol. The van der Waals surface area contributed by atoms with Crippen molar-refractivity contribution in [2.24, 2.45) is 0 Å². The van der Waals surface area contributed by atoms with E-state index in [2.05, 4.69) is 44.2 Å². The molecule has 1 fully saturated rings. The van der Waals surface area contributed by atoms with Gasteiger partial charge in [0.05, 0.1) is 12.2 Å². The minimum atomic E-state index is 0.579. The van der Waals surface area contributed by atoms with Gasteiger partial charge in [0.25, 0.3) is 0 Å². The zero-order valence-corrected chi connectivity index (χ0v) is 13.8. The molecule has 0 aliphatic heterocycles. The molecule has 23 heavy (non-hydrogen) atoms. The van der Waals surface area contributed by atoms with Gasteiger partial charge in [-0.2, -0.15) is 0 Å². The Bertz CT molecular complexity index is 792. The van der Waals surface area contributed by atoms with Crippen molar-refractivity contribution in [2.45, 2.75) is 43.1 Å². The van der Waals surface area contributed by atoms with Crippen molar-refractivity contribution in [3.63, 3.8) is 0 Å². The molecule has 1 aliphatic carbocycles. The molecule has 6 heteroatoms. The zero-order chi connectivity index (χ0) is 15.6. The summed E-state index contributed by atoms with van der Waals surface area (Å²) < 4.78 is 7.38. The van der Waals surface area contributed by atoms with Gasteiger partial charge in [-0.25, -0.2) is 0 Å². The first-order chi connectivity index (χ1) is 11.3. The van der Waals surface area contributed by atoms with E-state index in [0.717, 1.165) is 34.7 Å². The maximum atomic E-state index is 5.13. The maximum absolute atomic E-state index is 5.13. The van der Waals surface area contributed by atoms with Crippen molar-refractivity contribution in [1.82, 2.24) is 19.9 Å². The summed E-state index contributed by atoms with van der Waals surface area (Å²) in [6.45, 7) is 2.73. The summed E-state index contributed by atoms with van der Waals surface area (Å²) in [4.78, 5) is 0. The average Bonchev–Trinajstić information content (AvgIpc) is 3.21. The Morgan fingerprint density at radius 2 is 2.04 bits per heavy atom. The van der Waals surface area contributed by atoms with Crippen LogP contribution in [0, 0.1) is 6.92 Å². The summed E-state index contributed by atoms with van der Waals surface area (Å²) in [6, 6.07) is 12.4. The number of hydrogen-bond acceptors (Lipinski definition) is 5. The largest absolute Gasteiger partial charge is 0.361 e. The van der Waals surface area contributed by atoms with E-state index in [1.54, 1.807) is 11.8 Å². The summed E-state index contributed by atoms with van der Waals surface area (Å²) in [6.07, 6.45) is 2.44. The molecule has 0 saturated heterocycles. The van der Waals surface area contributed by atoms with Gasteiger partial charge >= 0.3 is 0 Å². The smallest absolute Gasteiger partial charge is 0.191 e. The van der Waals surface area contributed by atoms with Gasteiger partial charge in [-0.3, -0.25) is 0 Å². The zero-order valence-electron chi connectivity index (χ0n) is 13.0. The minimum absolute atomic E-state index is 0.579. The second-order valence-electron chi connectivity index (χ2n) is 5.90. The molecule has 0 spiro atoms. The maximum Gasteiger partial charge on any atom is 0.191 e. The number of thioether (sulfide) groups is 1. The molecule has 0 bridgehead atoms. The molecule has 2 aromatic heterocycles. The second kappa shape index (κ2) is 6.20. The van der Waals surface area contributed by atoms with E-state index in [0.29, 0.717) is 5.92 Å². The fraction of sp³-hybridized carbons (Fsp3) is 0.353. The van der Waals surface area contributed by atoms with Crippen molar-refractivity contribution < 1.29 is 4.52 Å². The molecule has 2 heterocycles. The topological polar surface area (TPSA) is 56.7 Å². The third-order valence-electron chi connectivity index (χ3n) is 3.90. The summed E-state index contributed by atoms with van der Waals surface area (Å²) in [5, 5.41) is 13.9. The third kappa shape index (κ3) is 3.32. The predicted molar refractivity (Wildman–Crippen MR) is 88.3 cm³/mol. The van der Waals surface area contributed by atoms with Crippen LogP contribution in [0.5, 0.6) is 0 Å². The van der Waals surface area contributed by atoms with Crippen LogP contribution in [0.15, 0.2) is 46.1 Å². The Balaban J connectivity index is 1.56. The first-order valence-electron chi connectivity index (χ1n) is 7.81. The van der Waals surface area contributed by atoms with Crippen molar-refractivity contribution in [2.75, 3.05) is 0 Å². The SMILES string of the molecule is Cc1cc(CSc2nnc(C3CC3)n2Cc2ccccc2)no1. The lowest BCUT2D eigenvalue weighted by atomic mass is 10.2. The minimum Gasteiger partial charge on any atom is -0.361 e. The highest BCUT2D eigenvalue weighted by atomic mass is 32.2. The predicted octanol–water partition coefficient (Wildman–Crippen LogP) is 3.79. The Labute approximate surface area is 139 Å². The van der Waals surface area contributed by atoms with E-state index < -0.39 is 0 Å². The molecule has 0 radical (unpaired) electrons. The van der Waals surface area contributed by atoms with Crippen molar-refractivity contribution >= 4 is 11.8 Å². The fourth-order valence-corrected chi connectivity index (χ4v) is 3.41. The van der Waals surface area contributed by atoms with Gasteiger partial charge in [-0.1, -0.05) is 47.3 Å². The third-order valence-corrected chi connectivity index (χ3v) is 4.90. The van der Waals surface area contributed by atoms with Gasteiger partial charge < -0.3 is 9.09 Å². The number of nitrogens with zero attached hydrogens (tertiary/aromatic N) is 4. The van der Waals surface area contributed by atoms with Crippen LogP contribution in [0.2, 0.25) is 0 Å². The molecule has 1 saturated carbocycles. The molecule has 0 atom stereocenters. The lowest BCUT2D eigenvalue weighted by Crippen LogP contribution is -2.06. The van der Waals surface area contributed by atoms with Crippen LogP contribution >= 0.6 is 11.8 Å². The number of benzene rings is 1. The highest BCUT2D eigenvalue weighted by Gasteiger charge is 2.30. The molecule has 3 aromatic rings. The summed E-state index contributed by atoms with van der Waals surface area (Å²) in [5.74, 6) is 3.28. The van der Waals surface area contributed by atoms with Crippen LogP contribution in [0.25, 0.3) is 0 Å².